The molecule has 1 saturated heterocycles. The number of rotatable bonds is 6. The molecule has 1 heterocycles. The van der Waals surface area contributed by atoms with Gasteiger partial charge in [-0.3, -0.25) is 14.4 Å². The molecule has 12 heteroatoms. The summed E-state index contributed by atoms with van der Waals surface area (Å²) in [5.74, 6) is -5.36. The van der Waals surface area contributed by atoms with E-state index < -0.39 is 77.7 Å². The van der Waals surface area contributed by atoms with E-state index >= 15 is 0 Å². The van der Waals surface area contributed by atoms with Gasteiger partial charge in [0.05, 0.1) is 5.41 Å². The lowest BCUT2D eigenvalue weighted by molar-refractivity contribution is -0.315. The van der Waals surface area contributed by atoms with Crippen LogP contribution in [0.5, 0.6) is 0 Å². The van der Waals surface area contributed by atoms with E-state index in [2.05, 4.69) is 4.74 Å². The van der Waals surface area contributed by atoms with E-state index in [1.54, 1.807) is 13.8 Å². The number of alkyl halides is 6. The highest BCUT2D eigenvalue weighted by Crippen LogP contribution is 2.63. The van der Waals surface area contributed by atoms with Crippen LogP contribution in [0.3, 0.4) is 0 Å². The van der Waals surface area contributed by atoms with Gasteiger partial charge in [-0.1, -0.05) is 13.3 Å². The Hall–Kier alpha value is -2.01. The maximum Gasteiger partial charge on any atom is 0.434 e. The number of hydrogen-bond donors (Lipinski definition) is 0. The lowest BCUT2D eigenvalue weighted by atomic mass is 9.73. The topological polar surface area (TPSA) is 78.9 Å². The molecule has 6 nitrogen and oxygen atoms in total. The molecular weight excluding hydrogens is 438 g/mol. The lowest BCUT2D eigenvalue weighted by Crippen LogP contribution is -2.51. The van der Waals surface area contributed by atoms with E-state index in [0.29, 0.717) is 12.8 Å². The predicted molar refractivity (Wildman–Crippen MR) is 89.1 cm³/mol. The van der Waals surface area contributed by atoms with Crippen LogP contribution < -0.4 is 0 Å². The van der Waals surface area contributed by atoms with Gasteiger partial charge in [0.25, 0.3) is 6.10 Å². The highest BCUT2D eigenvalue weighted by molar-refractivity contribution is 6.03. The average Bonchev–Trinajstić information content (AvgIpc) is 3.19. The molecule has 2 bridgehead atoms. The van der Waals surface area contributed by atoms with Crippen LogP contribution in [0.15, 0.2) is 0 Å². The Morgan fingerprint density at radius 3 is 2.26 bits per heavy atom. The fraction of sp³-hybridized carbons (Fsp3) is 0.842. The predicted octanol–water partition coefficient (Wildman–Crippen LogP) is 3.71. The Morgan fingerprint density at radius 2 is 1.74 bits per heavy atom. The molecule has 0 aromatic rings. The highest BCUT2D eigenvalue weighted by atomic mass is 19.4. The average molecular weight is 460 g/mol. The van der Waals surface area contributed by atoms with Crippen LogP contribution in [-0.2, 0) is 28.6 Å². The summed E-state index contributed by atoms with van der Waals surface area (Å²) in [6.07, 6.45) is -17.3. The molecule has 0 N–H and O–H groups in total. The minimum absolute atomic E-state index is 0.0837. The first kappa shape index (κ1) is 23.6. The molecule has 5 unspecified atom stereocenters. The molecule has 176 valence electrons. The van der Waals surface area contributed by atoms with Crippen LogP contribution in [-0.4, -0.2) is 48.6 Å². The minimum Gasteiger partial charge on any atom is -0.458 e. The SMILES string of the molecule is CCCC(C)(C)C(=O)OC1C2CC3C1OC(=O)C3(C(=O)OC(C(F)(F)F)C(F)(F)F)C2. The van der Waals surface area contributed by atoms with Crippen molar-refractivity contribution in [3.8, 4) is 0 Å². The second-order valence-corrected chi connectivity index (χ2v) is 9.02. The van der Waals surface area contributed by atoms with Crippen molar-refractivity contribution in [2.24, 2.45) is 22.7 Å². The van der Waals surface area contributed by atoms with Gasteiger partial charge in [-0.2, -0.15) is 26.3 Å². The van der Waals surface area contributed by atoms with Crippen molar-refractivity contribution >= 4 is 17.9 Å². The van der Waals surface area contributed by atoms with Crippen molar-refractivity contribution in [2.45, 2.75) is 77.1 Å². The molecule has 3 aliphatic rings. The summed E-state index contributed by atoms with van der Waals surface area (Å²) in [6.45, 7) is 5.21. The first-order valence-electron chi connectivity index (χ1n) is 9.82. The molecule has 2 aliphatic carbocycles. The maximum atomic E-state index is 12.8. The Bertz CT molecular complexity index is 761. The third-order valence-electron chi connectivity index (χ3n) is 6.42. The standard InChI is InChI=1S/C19H22F6O6/c1-4-5-16(2,3)13(26)29-10-8-6-9-11(10)30-14(27)17(9,7-8)15(28)31-12(18(20,21)22)19(23,24)25/h8-12H,4-7H2,1-3H3. The molecule has 0 aromatic carbocycles. The molecule has 0 aromatic heterocycles. The molecule has 1 aliphatic heterocycles. The second-order valence-electron chi connectivity index (χ2n) is 9.02. The van der Waals surface area contributed by atoms with Crippen molar-refractivity contribution in [1.82, 2.24) is 0 Å². The third kappa shape index (κ3) is 3.75. The van der Waals surface area contributed by atoms with E-state index in [4.69, 9.17) is 9.47 Å². The van der Waals surface area contributed by atoms with Crippen LogP contribution in [0.4, 0.5) is 26.3 Å². The van der Waals surface area contributed by atoms with Crippen molar-refractivity contribution < 1.29 is 54.9 Å². The van der Waals surface area contributed by atoms with Crippen LogP contribution in [0.1, 0.15) is 46.5 Å². The highest BCUT2D eigenvalue weighted by Gasteiger charge is 2.76. The number of hydrogen-bond acceptors (Lipinski definition) is 6. The zero-order chi connectivity index (χ0) is 23.6. The number of halogens is 6. The van der Waals surface area contributed by atoms with Gasteiger partial charge in [-0.25, -0.2) is 0 Å². The van der Waals surface area contributed by atoms with Gasteiger partial charge in [0, 0.05) is 11.8 Å². The smallest absolute Gasteiger partial charge is 0.434 e. The normalized spacial score (nSPS) is 32.4. The quantitative estimate of drug-likeness (QED) is 0.260. The number of carbonyl (C=O) groups is 3. The Balaban J connectivity index is 1.79. The molecule has 0 spiro atoms. The number of ether oxygens (including phenoxy) is 3. The van der Waals surface area contributed by atoms with Gasteiger partial charge in [0.15, 0.2) is 5.41 Å². The fourth-order valence-corrected chi connectivity index (χ4v) is 4.97. The van der Waals surface area contributed by atoms with Crippen LogP contribution in [0.25, 0.3) is 0 Å². The molecular formula is C19H22F6O6. The first-order valence-corrected chi connectivity index (χ1v) is 9.82. The van der Waals surface area contributed by atoms with Gasteiger partial charge in [-0.05, 0) is 33.1 Å². The largest absolute Gasteiger partial charge is 0.458 e. The summed E-state index contributed by atoms with van der Waals surface area (Å²) >= 11 is 0. The summed E-state index contributed by atoms with van der Waals surface area (Å²) in [4.78, 5) is 37.4. The number of esters is 3. The van der Waals surface area contributed by atoms with Crippen LogP contribution in [0.2, 0.25) is 0 Å². The number of fused-ring (bicyclic) bond motifs is 1. The van der Waals surface area contributed by atoms with E-state index in [1.807, 2.05) is 6.92 Å². The molecule has 3 fully saturated rings. The molecule has 3 rings (SSSR count). The molecule has 0 amide bonds. The van der Waals surface area contributed by atoms with Gasteiger partial charge in [-0.15, -0.1) is 0 Å². The zero-order valence-electron chi connectivity index (χ0n) is 16.9. The van der Waals surface area contributed by atoms with Gasteiger partial charge in [0.1, 0.15) is 12.2 Å². The van der Waals surface area contributed by atoms with Crippen molar-refractivity contribution in [3.63, 3.8) is 0 Å². The Morgan fingerprint density at radius 1 is 1.16 bits per heavy atom. The first-order chi connectivity index (χ1) is 14.1. The monoisotopic (exact) mass is 460 g/mol. The van der Waals surface area contributed by atoms with Crippen LogP contribution >= 0.6 is 0 Å². The van der Waals surface area contributed by atoms with E-state index in [-0.39, 0.29) is 6.42 Å². The fourth-order valence-electron chi connectivity index (χ4n) is 4.97. The van der Waals surface area contributed by atoms with E-state index in [0.717, 1.165) is 0 Å². The van der Waals surface area contributed by atoms with Crippen molar-refractivity contribution in [1.29, 1.82) is 0 Å². The van der Waals surface area contributed by atoms with Gasteiger partial charge < -0.3 is 14.2 Å². The Labute approximate surface area is 173 Å². The van der Waals surface area contributed by atoms with Crippen molar-refractivity contribution in [2.75, 3.05) is 0 Å². The summed E-state index contributed by atoms with van der Waals surface area (Å²) in [5, 5.41) is 0. The Kier molecular flexibility index (Phi) is 5.54. The molecule has 0 radical (unpaired) electrons. The van der Waals surface area contributed by atoms with Crippen molar-refractivity contribution in [3.05, 3.63) is 0 Å². The summed E-state index contributed by atoms with van der Waals surface area (Å²) in [6, 6.07) is 0. The zero-order valence-corrected chi connectivity index (χ0v) is 16.9. The van der Waals surface area contributed by atoms with Gasteiger partial charge in [0.2, 0.25) is 0 Å². The minimum atomic E-state index is -5.90. The summed E-state index contributed by atoms with van der Waals surface area (Å²) in [5.41, 5.74) is -3.09. The maximum absolute atomic E-state index is 12.8. The number of carbonyl (C=O) groups excluding carboxylic acids is 3. The van der Waals surface area contributed by atoms with E-state index in [1.165, 1.54) is 0 Å². The molecule has 2 saturated carbocycles. The lowest BCUT2D eigenvalue weighted by Gasteiger charge is -2.33. The second kappa shape index (κ2) is 7.26. The van der Waals surface area contributed by atoms with Gasteiger partial charge >= 0.3 is 30.3 Å². The van der Waals surface area contributed by atoms with E-state index in [9.17, 15) is 40.7 Å². The third-order valence-corrected chi connectivity index (χ3v) is 6.42. The summed E-state index contributed by atoms with van der Waals surface area (Å²) in [7, 11) is 0. The molecule has 31 heavy (non-hydrogen) atoms. The summed E-state index contributed by atoms with van der Waals surface area (Å²) < 4.78 is 91.2. The van der Waals surface area contributed by atoms with Crippen LogP contribution in [0, 0.1) is 22.7 Å². The molecule has 5 atom stereocenters.